The van der Waals surface area contributed by atoms with Crippen molar-refractivity contribution in [1.82, 2.24) is 14.8 Å². The molecule has 0 atom stereocenters. The molecule has 0 aliphatic heterocycles. The van der Waals surface area contributed by atoms with Gasteiger partial charge in [-0.1, -0.05) is 71.9 Å². The Morgan fingerprint density at radius 3 is 2.63 bits per heavy atom. The van der Waals surface area contributed by atoms with Crippen molar-refractivity contribution in [2.24, 2.45) is 7.05 Å². The fourth-order valence-electron chi connectivity index (χ4n) is 3.67. The van der Waals surface area contributed by atoms with Crippen LogP contribution < -0.4 is 5.63 Å². The molecule has 5 nitrogen and oxygen atoms in total. The van der Waals surface area contributed by atoms with Crippen molar-refractivity contribution in [2.45, 2.75) is 17.8 Å². The van der Waals surface area contributed by atoms with E-state index < -0.39 is 0 Å². The van der Waals surface area contributed by atoms with Gasteiger partial charge in [-0.15, -0.1) is 10.2 Å². The smallest absolute Gasteiger partial charge is 0.336 e. The number of nitrogens with zero attached hydrogens (tertiary/aromatic N) is 3. The van der Waals surface area contributed by atoms with E-state index in [1.807, 2.05) is 35.9 Å². The summed E-state index contributed by atoms with van der Waals surface area (Å²) in [6.45, 7) is 2.06. The summed E-state index contributed by atoms with van der Waals surface area (Å²) in [5, 5.41) is 12.7. The van der Waals surface area contributed by atoms with Crippen molar-refractivity contribution in [3.63, 3.8) is 0 Å². The molecule has 0 bridgehead atoms. The Balaban J connectivity index is 1.52. The van der Waals surface area contributed by atoms with Crippen LogP contribution in [0.5, 0.6) is 0 Å². The van der Waals surface area contributed by atoms with E-state index in [4.69, 9.17) is 4.42 Å². The van der Waals surface area contributed by atoms with Gasteiger partial charge in [0.2, 0.25) is 0 Å². The van der Waals surface area contributed by atoms with Gasteiger partial charge >= 0.3 is 5.63 Å². The molecule has 0 N–H and O–H groups in total. The lowest BCUT2D eigenvalue weighted by atomic mass is 10.0. The van der Waals surface area contributed by atoms with E-state index >= 15 is 0 Å². The molecule has 2 aromatic heterocycles. The molecule has 3 aromatic carbocycles. The van der Waals surface area contributed by atoms with Crippen molar-refractivity contribution in [3.8, 4) is 11.4 Å². The Morgan fingerprint density at radius 2 is 1.80 bits per heavy atom. The molecule has 0 aliphatic carbocycles. The molecule has 6 heteroatoms. The van der Waals surface area contributed by atoms with E-state index in [2.05, 4.69) is 53.5 Å². The molecule has 30 heavy (non-hydrogen) atoms. The zero-order valence-electron chi connectivity index (χ0n) is 16.6. The summed E-state index contributed by atoms with van der Waals surface area (Å²) in [5.41, 5.74) is 3.43. The van der Waals surface area contributed by atoms with Crippen LogP contribution in [-0.2, 0) is 12.8 Å². The lowest BCUT2D eigenvalue weighted by molar-refractivity contribution is 0.560. The Kier molecular flexibility index (Phi) is 4.64. The predicted molar refractivity (Wildman–Crippen MR) is 121 cm³/mol. The highest BCUT2D eigenvalue weighted by Crippen LogP contribution is 2.31. The minimum atomic E-state index is -0.341. The molecule has 0 amide bonds. The number of benzene rings is 3. The summed E-state index contributed by atoms with van der Waals surface area (Å²) in [5.74, 6) is 1.41. The molecule has 0 radical (unpaired) electrons. The number of rotatable bonds is 4. The first kappa shape index (κ1) is 18.6. The minimum absolute atomic E-state index is 0.341. The van der Waals surface area contributed by atoms with Gasteiger partial charge in [0.25, 0.3) is 0 Å². The van der Waals surface area contributed by atoms with Crippen LogP contribution in [0.25, 0.3) is 33.1 Å². The zero-order valence-corrected chi connectivity index (χ0v) is 17.4. The molecule has 148 valence electrons. The molecule has 0 fully saturated rings. The molecule has 0 aliphatic rings. The lowest BCUT2D eigenvalue weighted by Gasteiger charge is -2.09. The molecule has 5 aromatic rings. The van der Waals surface area contributed by atoms with Crippen molar-refractivity contribution >= 4 is 33.5 Å². The van der Waals surface area contributed by atoms with Crippen molar-refractivity contribution in [1.29, 1.82) is 0 Å². The fraction of sp³-hybridized carbons (Fsp3) is 0.125. The second-order valence-electron chi connectivity index (χ2n) is 7.27. The SMILES string of the molecule is Cc1ccc(-c2nnc(SCc3cc(=O)oc4ccc5ccccc5c34)n2C)cc1. The number of thioether (sulfide) groups is 1. The van der Waals surface area contributed by atoms with Crippen molar-refractivity contribution < 1.29 is 4.42 Å². The van der Waals surface area contributed by atoms with Gasteiger partial charge in [-0.2, -0.15) is 0 Å². The first-order chi connectivity index (χ1) is 14.6. The van der Waals surface area contributed by atoms with Crippen LogP contribution in [0.2, 0.25) is 0 Å². The maximum Gasteiger partial charge on any atom is 0.336 e. The quantitative estimate of drug-likeness (QED) is 0.226. The van der Waals surface area contributed by atoms with Crippen molar-refractivity contribution in [2.75, 3.05) is 0 Å². The topological polar surface area (TPSA) is 60.9 Å². The number of aryl methyl sites for hydroxylation is 1. The third-order valence-corrected chi connectivity index (χ3v) is 6.29. The maximum atomic E-state index is 12.1. The first-order valence-electron chi connectivity index (χ1n) is 9.64. The van der Waals surface area contributed by atoms with Crippen LogP contribution in [0.15, 0.2) is 81.1 Å². The monoisotopic (exact) mass is 413 g/mol. The van der Waals surface area contributed by atoms with Crippen LogP contribution in [0.1, 0.15) is 11.1 Å². The average Bonchev–Trinajstić information content (AvgIpc) is 3.12. The highest BCUT2D eigenvalue weighted by molar-refractivity contribution is 7.98. The Labute approximate surface area is 177 Å². The van der Waals surface area contributed by atoms with Gasteiger partial charge in [0.05, 0.1) is 0 Å². The van der Waals surface area contributed by atoms with E-state index in [1.165, 1.54) is 5.56 Å². The van der Waals surface area contributed by atoms with Gasteiger partial charge in [0, 0.05) is 29.8 Å². The maximum absolute atomic E-state index is 12.1. The summed E-state index contributed by atoms with van der Waals surface area (Å²) in [6.07, 6.45) is 0. The Bertz CT molecular complexity index is 1440. The van der Waals surface area contributed by atoms with E-state index in [1.54, 1.807) is 17.8 Å². The average molecular weight is 414 g/mol. The summed E-state index contributed by atoms with van der Waals surface area (Å²) < 4.78 is 7.45. The van der Waals surface area contributed by atoms with Crippen LogP contribution in [0, 0.1) is 6.92 Å². The predicted octanol–water partition coefficient (Wildman–Crippen LogP) is 5.34. The Hall–Kier alpha value is -3.38. The highest BCUT2D eigenvalue weighted by atomic mass is 32.2. The molecule has 0 saturated heterocycles. The highest BCUT2D eigenvalue weighted by Gasteiger charge is 2.14. The van der Waals surface area contributed by atoms with Gasteiger partial charge in [-0.05, 0) is 29.3 Å². The van der Waals surface area contributed by atoms with Gasteiger partial charge < -0.3 is 8.98 Å². The van der Waals surface area contributed by atoms with Gasteiger partial charge in [0.15, 0.2) is 11.0 Å². The zero-order chi connectivity index (χ0) is 20.7. The van der Waals surface area contributed by atoms with E-state index in [-0.39, 0.29) is 5.63 Å². The Morgan fingerprint density at radius 1 is 1.00 bits per heavy atom. The molecular weight excluding hydrogens is 394 g/mol. The summed E-state index contributed by atoms with van der Waals surface area (Å²) in [6, 6.07) is 21.8. The van der Waals surface area contributed by atoms with Crippen LogP contribution in [-0.4, -0.2) is 14.8 Å². The fourth-order valence-corrected chi connectivity index (χ4v) is 4.56. The van der Waals surface area contributed by atoms with E-state index in [0.29, 0.717) is 11.3 Å². The number of aromatic nitrogens is 3. The lowest BCUT2D eigenvalue weighted by Crippen LogP contribution is -2.01. The van der Waals surface area contributed by atoms with Gasteiger partial charge in [-0.25, -0.2) is 4.79 Å². The summed E-state index contributed by atoms with van der Waals surface area (Å²) >= 11 is 1.56. The standard InChI is InChI=1S/C24H19N3O2S/c1-15-7-9-17(10-8-15)23-25-26-24(27(23)2)30-14-18-13-21(28)29-20-12-11-16-5-3-4-6-19(16)22(18)20/h3-13H,14H2,1-2H3. The first-order valence-corrected chi connectivity index (χ1v) is 10.6. The van der Waals surface area contributed by atoms with Gasteiger partial charge in [0.1, 0.15) is 5.58 Å². The van der Waals surface area contributed by atoms with E-state index in [9.17, 15) is 4.79 Å². The molecular formula is C24H19N3O2S. The summed E-state index contributed by atoms with van der Waals surface area (Å²) in [4.78, 5) is 12.1. The van der Waals surface area contributed by atoms with E-state index in [0.717, 1.165) is 38.3 Å². The molecule has 0 spiro atoms. The van der Waals surface area contributed by atoms with Crippen LogP contribution in [0.3, 0.4) is 0 Å². The number of hydrogen-bond donors (Lipinski definition) is 0. The van der Waals surface area contributed by atoms with Crippen LogP contribution >= 0.6 is 11.8 Å². The second-order valence-corrected chi connectivity index (χ2v) is 8.21. The molecule has 5 rings (SSSR count). The number of fused-ring (bicyclic) bond motifs is 3. The van der Waals surface area contributed by atoms with Crippen molar-refractivity contribution in [3.05, 3.63) is 88.3 Å². The van der Waals surface area contributed by atoms with Crippen LogP contribution in [0.4, 0.5) is 0 Å². The molecule has 0 saturated carbocycles. The molecule has 0 unspecified atom stereocenters. The molecule has 2 heterocycles. The minimum Gasteiger partial charge on any atom is -0.423 e. The third-order valence-electron chi connectivity index (χ3n) is 5.22. The number of hydrogen-bond acceptors (Lipinski definition) is 5. The van der Waals surface area contributed by atoms with Gasteiger partial charge in [-0.3, -0.25) is 0 Å². The second kappa shape index (κ2) is 7.46. The largest absolute Gasteiger partial charge is 0.423 e. The summed E-state index contributed by atoms with van der Waals surface area (Å²) in [7, 11) is 1.96. The normalized spacial score (nSPS) is 11.4. The third kappa shape index (κ3) is 3.29.